The number of benzene rings is 1. The molecular weight excluding hydrogens is 369 g/mol. The molecule has 26 heavy (non-hydrogen) atoms. The normalized spacial score (nSPS) is 12.6. The van der Waals surface area contributed by atoms with Crippen molar-refractivity contribution in [3.8, 4) is 10.6 Å². The molecule has 1 heterocycles. The predicted octanol–water partition coefficient (Wildman–Crippen LogP) is 3.44. The number of thiazole rings is 1. The number of alkyl halides is 3. The van der Waals surface area contributed by atoms with Gasteiger partial charge in [-0.1, -0.05) is 31.2 Å². The Morgan fingerprint density at radius 3 is 2.46 bits per heavy atom. The summed E-state index contributed by atoms with van der Waals surface area (Å²) in [5.41, 5.74) is 2.42. The van der Waals surface area contributed by atoms with Gasteiger partial charge in [0.25, 0.3) is 0 Å². The lowest BCUT2D eigenvalue weighted by atomic mass is 10.1. The van der Waals surface area contributed by atoms with Crippen molar-refractivity contribution in [1.82, 2.24) is 10.3 Å². The van der Waals surface area contributed by atoms with Gasteiger partial charge in [0.2, 0.25) is 5.91 Å². The second-order valence-corrected chi connectivity index (χ2v) is 6.51. The van der Waals surface area contributed by atoms with E-state index in [1.54, 1.807) is 5.38 Å². The number of aromatic nitrogens is 1. The topological polar surface area (TPSA) is 79.3 Å². The summed E-state index contributed by atoms with van der Waals surface area (Å²) >= 11 is 1.31. The zero-order chi connectivity index (χ0) is 19.3. The van der Waals surface area contributed by atoms with E-state index in [2.05, 4.69) is 4.98 Å². The number of carbonyl (C=O) groups is 2. The highest BCUT2D eigenvalue weighted by atomic mass is 32.1. The molecule has 5 nitrogen and oxygen atoms in total. The van der Waals surface area contributed by atoms with Crippen molar-refractivity contribution in [3.63, 3.8) is 0 Å². The van der Waals surface area contributed by atoms with Crippen LogP contribution in [0.25, 0.3) is 10.6 Å². The number of hydrogen-bond acceptors (Lipinski definition) is 4. The molecule has 1 aromatic carbocycles. The number of halogens is 3. The highest BCUT2D eigenvalue weighted by Gasteiger charge is 2.36. The molecule has 0 saturated heterocycles. The van der Waals surface area contributed by atoms with Gasteiger partial charge in [0.05, 0.1) is 18.5 Å². The van der Waals surface area contributed by atoms with Crippen LogP contribution >= 0.6 is 11.3 Å². The van der Waals surface area contributed by atoms with Crippen LogP contribution in [0.3, 0.4) is 0 Å². The van der Waals surface area contributed by atoms with Crippen molar-refractivity contribution in [2.45, 2.75) is 38.4 Å². The van der Waals surface area contributed by atoms with E-state index in [0.29, 0.717) is 10.7 Å². The molecule has 0 bridgehead atoms. The Morgan fingerprint density at radius 2 is 1.92 bits per heavy atom. The van der Waals surface area contributed by atoms with E-state index in [4.69, 9.17) is 5.11 Å². The fourth-order valence-electron chi connectivity index (χ4n) is 2.25. The van der Waals surface area contributed by atoms with E-state index < -0.39 is 30.5 Å². The van der Waals surface area contributed by atoms with E-state index in [-0.39, 0.29) is 6.42 Å². The molecule has 0 aliphatic rings. The summed E-state index contributed by atoms with van der Waals surface area (Å²) in [6.07, 6.45) is -5.69. The fraction of sp³-hybridized carbons (Fsp3) is 0.353. The van der Waals surface area contributed by atoms with Gasteiger partial charge in [-0.25, -0.2) is 9.78 Å². The average Bonchev–Trinajstić information content (AvgIpc) is 3.01. The van der Waals surface area contributed by atoms with E-state index in [1.807, 2.05) is 36.5 Å². The molecule has 1 atom stereocenters. The molecule has 0 radical (unpaired) electrons. The van der Waals surface area contributed by atoms with Crippen molar-refractivity contribution < 1.29 is 27.9 Å². The van der Waals surface area contributed by atoms with E-state index >= 15 is 0 Å². The summed E-state index contributed by atoms with van der Waals surface area (Å²) < 4.78 is 37.1. The highest BCUT2D eigenvalue weighted by Crippen LogP contribution is 2.25. The lowest BCUT2D eigenvalue weighted by Gasteiger charge is -2.15. The minimum atomic E-state index is -4.69. The number of carboxylic acids is 1. The lowest BCUT2D eigenvalue weighted by Crippen LogP contribution is -2.44. The van der Waals surface area contributed by atoms with E-state index in [9.17, 15) is 22.8 Å². The Labute approximate surface area is 151 Å². The maximum absolute atomic E-state index is 12.4. The van der Waals surface area contributed by atoms with Gasteiger partial charge in [-0.3, -0.25) is 4.79 Å². The third-order valence-electron chi connectivity index (χ3n) is 3.57. The minimum Gasteiger partial charge on any atom is -0.480 e. The van der Waals surface area contributed by atoms with Crippen LogP contribution in [0.15, 0.2) is 29.6 Å². The van der Waals surface area contributed by atoms with Gasteiger partial charge in [0.1, 0.15) is 11.0 Å². The maximum Gasteiger partial charge on any atom is 0.391 e. The Morgan fingerprint density at radius 1 is 1.27 bits per heavy atom. The minimum absolute atomic E-state index is 0.287. The second-order valence-electron chi connectivity index (χ2n) is 5.65. The van der Waals surface area contributed by atoms with E-state index in [1.165, 1.54) is 16.9 Å². The highest BCUT2D eigenvalue weighted by molar-refractivity contribution is 7.13. The predicted molar refractivity (Wildman–Crippen MR) is 90.9 cm³/mol. The number of nitrogens with zero attached hydrogens (tertiary/aromatic N) is 1. The van der Waals surface area contributed by atoms with Crippen LogP contribution in [-0.2, 0) is 22.4 Å². The molecule has 1 unspecified atom stereocenters. The monoisotopic (exact) mass is 386 g/mol. The van der Waals surface area contributed by atoms with Crippen molar-refractivity contribution in [1.29, 1.82) is 0 Å². The van der Waals surface area contributed by atoms with E-state index in [0.717, 1.165) is 12.0 Å². The molecule has 0 aliphatic carbocycles. The van der Waals surface area contributed by atoms with Crippen LogP contribution in [0.5, 0.6) is 0 Å². The fourth-order valence-corrected chi connectivity index (χ4v) is 3.07. The molecule has 2 rings (SSSR count). The van der Waals surface area contributed by atoms with Crippen LogP contribution < -0.4 is 5.32 Å². The Hall–Kier alpha value is -2.42. The number of carboxylic acid groups (broad SMARTS) is 1. The molecule has 2 N–H and O–H groups in total. The zero-order valence-corrected chi connectivity index (χ0v) is 14.7. The molecule has 2 aromatic rings. The largest absolute Gasteiger partial charge is 0.480 e. The summed E-state index contributed by atoms with van der Waals surface area (Å²) in [4.78, 5) is 27.0. The third kappa shape index (κ3) is 5.83. The molecule has 0 saturated carbocycles. The van der Waals surface area contributed by atoms with Gasteiger partial charge >= 0.3 is 12.1 Å². The van der Waals surface area contributed by atoms with Gasteiger partial charge in [0, 0.05) is 10.9 Å². The second kappa shape index (κ2) is 8.31. The molecule has 0 fully saturated rings. The number of nitrogens with one attached hydrogen (secondary N) is 1. The van der Waals surface area contributed by atoms with Gasteiger partial charge in [0.15, 0.2) is 0 Å². The molecular formula is C17H17F3N2O3S. The standard InChI is InChI=1S/C17H17F3N2O3S/c1-2-10-3-5-11(6-4-10)15-21-12(9-26-15)7-14(23)22-13(16(24)25)8-17(18,19)20/h3-6,9,13H,2,7-8H2,1H3,(H,22,23)(H,24,25). The van der Waals surface area contributed by atoms with Crippen molar-refractivity contribution in [2.75, 3.05) is 0 Å². The van der Waals surface area contributed by atoms with Crippen molar-refractivity contribution >= 4 is 23.2 Å². The molecule has 9 heteroatoms. The number of aliphatic carboxylic acids is 1. The Bertz CT molecular complexity index is 772. The first-order valence-electron chi connectivity index (χ1n) is 7.80. The molecule has 1 aromatic heterocycles. The van der Waals surface area contributed by atoms with Gasteiger partial charge in [-0.2, -0.15) is 13.2 Å². The molecule has 140 valence electrons. The number of carbonyl (C=O) groups excluding carboxylic acids is 1. The van der Waals surface area contributed by atoms with Crippen LogP contribution in [0.2, 0.25) is 0 Å². The van der Waals surface area contributed by atoms with Crippen LogP contribution in [-0.4, -0.2) is 34.2 Å². The van der Waals surface area contributed by atoms with Gasteiger partial charge < -0.3 is 10.4 Å². The van der Waals surface area contributed by atoms with Crippen LogP contribution in [0, 0.1) is 0 Å². The van der Waals surface area contributed by atoms with Crippen LogP contribution in [0.4, 0.5) is 13.2 Å². The molecule has 0 aliphatic heterocycles. The first kappa shape index (κ1) is 19.9. The average molecular weight is 386 g/mol. The quantitative estimate of drug-likeness (QED) is 0.764. The van der Waals surface area contributed by atoms with Crippen molar-refractivity contribution in [2.24, 2.45) is 0 Å². The van der Waals surface area contributed by atoms with Crippen molar-refractivity contribution in [3.05, 3.63) is 40.9 Å². The smallest absolute Gasteiger partial charge is 0.391 e. The van der Waals surface area contributed by atoms with Crippen LogP contribution in [0.1, 0.15) is 24.6 Å². The first-order valence-corrected chi connectivity index (χ1v) is 8.68. The molecule has 0 spiro atoms. The number of rotatable bonds is 7. The summed E-state index contributed by atoms with van der Waals surface area (Å²) in [7, 11) is 0. The summed E-state index contributed by atoms with van der Waals surface area (Å²) in [5.74, 6) is -2.55. The SMILES string of the molecule is CCc1ccc(-c2nc(CC(=O)NC(CC(F)(F)F)C(=O)O)cs2)cc1. The third-order valence-corrected chi connectivity index (χ3v) is 4.51. The lowest BCUT2D eigenvalue weighted by molar-refractivity contribution is -0.159. The first-order chi connectivity index (χ1) is 12.2. The maximum atomic E-state index is 12.4. The number of hydrogen-bond donors (Lipinski definition) is 2. The Balaban J connectivity index is 2.00. The summed E-state index contributed by atoms with van der Waals surface area (Å²) in [6, 6.07) is 5.74. The molecule has 1 amide bonds. The van der Waals surface area contributed by atoms with Gasteiger partial charge in [-0.05, 0) is 12.0 Å². The summed E-state index contributed by atoms with van der Waals surface area (Å²) in [6.45, 7) is 2.04. The Kier molecular flexibility index (Phi) is 6.36. The number of amides is 1. The van der Waals surface area contributed by atoms with Gasteiger partial charge in [-0.15, -0.1) is 11.3 Å². The summed E-state index contributed by atoms with van der Waals surface area (Å²) in [5, 5.41) is 13.0. The number of aryl methyl sites for hydroxylation is 1. The zero-order valence-electron chi connectivity index (χ0n) is 13.8.